The van der Waals surface area contributed by atoms with E-state index in [9.17, 15) is 14.9 Å². The normalized spacial score (nSPS) is 11.1. The molecule has 0 unspecified atom stereocenters. The van der Waals surface area contributed by atoms with Gasteiger partial charge in [0.05, 0.1) is 20.8 Å². The topological polar surface area (TPSA) is 119 Å². The van der Waals surface area contributed by atoms with Crippen molar-refractivity contribution >= 4 is 24.1 Å². The minimum absolute atomic E-state index is 0.0701. The van der Waals surface area contributed by atoms with E-state index in [1.165, 1.54) is 44.6 Å². The second kappa shape index (κ2) is 12.3. The van der Waals surface area contributed by atoms with E-state index in [1.54, 1.807) is 30.3 Å². The monoisotopic (exact) mass is 446 g/mol. The van der Waals surface area contributed by atoms with Crippen LogP contribution in [0.2, 0.25) is 0 Å². The van der Waals surface area contributed by atoms with E-state index >= 15 is 0 Å². The summed E-state index contributed by atoms with van der Waals surface area (Å²) in [6.07, 6.45) is 3.61. The van der Waals surface area contributed by atoms with Crippen LogP contribution in [0.25, 0.3) is 12.2 Å². The van der Waals surface area contributed by atoms with Gasteiger partial charge in [-0.15, -0.1) is 0 Å². The molecule has 0 aliphatic carbocycles. The third-order valence-electron chi connectivity index (χ3n) is 4.23. The van der Waals surface area contributed by atoms with Crippen LogP contribution in [-0.4, -0.2) is 32.8 Å². The smallest absolute Gasteiger partial charge is 0.354 e. The van der Waals surface area contributed by atoms with E-state index < -0.39 is 11.9 Å². The zero-order chi connectivity index (χ0) is 24.2. The first-order valence-electron chi connectivity index (χ1n) is 9.90. The average Bonchev–Trinajstić information content (AvgIpc) is 2.85. The lowest BCUT2D eigenvalue weighted by molar-refractivity contribution is -0.135. The molecule has 0 aliphatic heterocycles. The molecule has 0 heterocycles. The van der Waals surface area contributed by atoms with Crippen molar-refractivity contribution in [3.63, 3.8) is 0 Å². The molecule has 0 fully saturated rings. The number of benzene rings is 2. The van der Waals surface area contributed by atoms with Crippen LogP contribution in [-0.2, 0) is 14.3 Å². The lowest BCUT2D eigenvalue weighted by atomic mass is 10.1. The van der Waals surface area contributed by atoms with Gasteiger partial charge in [0.25, 0.3) is 0 Å². The van der Waals surface area contributed by atoms with Crippen molar-refractivity contribution in [1.29, 1.82) is 10.5 Å². The molecule has 0 atom stereocenters. The summed E-state index contributed by atoms with van der Waals surface area (Å²) < 4.78 is 20.6. The number of hydrogen-bond acceptors (Lipinski definition) is 8. The zero-order valence-corrected chi connectivity index (χ0v) is 18.5. The minimum atomic E-state index is -0.863. The molecule has 2 rings (SSSR count). The van der Waals surface area contributed by atoms with Crippen molar-refractivity contribution in [2.24, 2.45) is 0 Å². The molecule has 0 aromatic heterocycles. The van der Waals surface area contributed by atoms with Gasteiger partial charge in [-0.05, 0) is 54.0 Å². The van der Waals surface area contributed by atoms with Crippen LogP contribution in [0.15, 0.2) is 53.6 Å². The van der Waals surface area contributed by atoms with E-state index in [0.29, 0.717) is 23.5 Å². The molecular weight excluding hydrogens is 424 g/mol. The molecule has 0 N–H and O–H groups in total. The Hall–Kier alpha value is -4.56. The number of carbonyl (C=O) groups excluding carboxylic acids is 2. The fraction of sp³-hybridized carbons (Fsp3) is 0.200. The summed E-state index contributed by atoms with van der Waals surface area (Å²) in [6, 6.07) is 15.0. The average molecular weight is 446 g/mol. The summed E-state index contributed by atoms with van der Waals surface area (Å²) in [4.78, 5) is 24.1. The maximum absolute atomic E-state index is 12.6. The van der Waals surface area contributed by atoms with Crippen LogP contribution in [0, 0.1) is 22.7 Å². The summed E-state index contributed by atoms with van der Waals surface area (Å²) in [7, 11) is 2.54. The van der Waals surface area contributed by atoms with Crippen LogP contribution in [0.5, 0.6) is 17.2 Å². The standard InChI is InChI=1S/C25H22N2O6/c1-4-11-32-21-8-5-17(6-9-21)12-20(16-27)25(29)33-22-10-7-18(14-23(22)30-2)13-19(15-26)24(28)31-3/h5-10,12-14H,4,11H2,1-3H3/b19-13+,20-12+. The number of ether oxygens (including phenoxy) is 4. The number of esters is 2. The lowest BCUT2D eigenvalue weighted by Crippen LogP contribution is -2.11. The van der Waals surface area contributed by atoms with Gasteiger partial charge >= 0.3 is 11.9 Å². The van der Waals surface area contributed by atoms with Crippen molar-refractivity contribution in [1.82, 2.24) is 0 Å². The Morgan fingerprint density at radius 1 is 0.879 bits per heavy atom. The highest BCUT2D eigenvalue weighted by Gasteiger charge is 2.16. The maximum atomic E-state index is 12.6. The molecule has 2 aromatic carbocycles. The molecule has 0 aliphatic rings. The van der Waals surface area contributed by atoms with Crippen LogP contribution >= 0.6 is 0 Å². The van der Waals surface area contributed by atoms with Gasteiger partial charge in [-0.3, -0.25) is 0 Å². The third kappa shape index (κ3) is 6.98. The van der Waals surface area contributed by atoms with Gasteiger partial charge in [-0.25, -0.2) is 9.59 Å². The SMILES string of the molecule is CCCOc1ccc(/C=C(\C#N)C(=O)Oc2ccc(/C=C(\C#N)C(=O)OC)cc2OC)cc1. The molecule has 2 aromatic rings. The summed E-state index contributed by atoms with van der Waals surface area (Å²) in [5.41, 5.74) is 0.674. The predicted octanol–water partition coefficient (Wildman–Crippen LogP) is 4.08. The number of methoxy groups -OCH3 is 2. The van der Waals surface area contributed by atoms with Crippen molar-refractivity contribution in [3.8, 4) is 29.4 Å². The predicted molar refractivity (Wildman–Crippen MR) is 120 cm³/mol. The Morgan fingerprint density at radius 3 is 2.06 bits per heavy atom. The molecule has 8 nitrogen and oxygen atoms in total. The Kier molecular flexibility index (Phi) is 9.23. The molecule has 0 spiro atoms. The third-order valence-corrected chi connectivity index (χ3v) is 4.23. The highest BCUT2D eigenvalue weighted by atomic mass is 16.6. The molecule has 33 heavy (non-hydrogen) atoms. The first-order chi connectivity index (χ1) is 15.9. The van der Waals surface area contributed by atoms with Crippen LogP contribution in [0.4, 0.5) is 0 Å². The Bertz CT molecular complexity index is 1150. The van der Waals surface area contributed by atoms with Gasteiger partial charge in [-0.2, -0.15) is 10.5 Å². The largest absolute Gasteiger partial charge is 0.494 e. The maximum Gasteiger partial charge on any atom is 0.354 e. The Labute approximate surface area is 191 Å². The Morgan fingerprint density at radius 2 is 1.48 bits per heavy atom. The molecule has 0 saturated carbocycles. The molecular formula is C25H22N2O6. The highest BCUT2D eigenvalue weighted by Crippen LogP contribution is 2.30. The summed E-state index contributed by atoms with van der Waals surface area (Å²) >= 11 is 0. The minimum Gasteiger partial charge on any atom is -0.494 e. The van der Waals surface area contributed by atoms with Crippen molar-refractivity contribution in [2.45, 2.75) is 13.3 Å². The lowest BCUT2D eigenvalue weighted by Gasteiger charge is -2.10. The summed E-state index contributed by atoms with van der Waals surface area (Å²) in [6.45, 7) is 2.61. The zero-order valence-electron chi connectivity index (χ0n) is 18.5. The summed E-state index contributed by atoms with van der Waals surface area (Å²) in [5.74, 6) is -0.700. The fourth-order valence-corrected chi connectivity index (χ4v) is 2.61. The number of nitriles is 2. The second-order valence-corrected chi connectivity index (χ2v) is 6.55. The van der Waals surface area contributed by atoms with Gasteiger partial charge in [-0.1, -0.05) is 25.1 Å². The summed E-state index contributed by atoms with van der Waals surface area (Å²) in [5, 5.41) is 18.5. The van der Waals surface area contributed by atoms with E-state index in [4.69, 9.17) is 19.5 Å². The molecule has 0 radical (unpaired) electrons. The van der Waals surface area contributed by atoms with Gasteiger partial charge < -0.3 is 18.9 Å². The number of hydrogen-bond donors (Lipinski definition) is 0. The number of carbonyl (C=O) groups is 2. The van der Waals surface area contributed by atoms with E-state index in [0.717, 1.165) is 6.42 Å². The van der Waals surface area contributed by atoms with Gasteiger partial charge in [0, 0.05) is 0 Å². The molecule has 8 heteroatoms. The number of rotatable bonds is 9. The molecule has 0 bridgehead atoms. The van der Waals surface area contributed by atoms with E-state index in [2.05, 4.69) is 4.74 Å². The second-order valence-electron chi connectivity index (χ2n) is 6.55. The van der Waals surface area contributed by atoms with Crippen molar-refractivity contribution in [3.05, 3.63) is 64.7 Å². The van der Waals surface area contributed by atoms with Gasteiger partial charge in [0.15, 0.2) is 11.5 Å². The first kappa shape index (κ1) is 24.7. The Balaban J connectivity index is 2.23. The van der Waals surface area contributed by atoms with E-state index in [-0.39, 0.29) is 22.6 Å². The number of nitrogens with zero attached hydrogens (tertiary/aromatic N) is 2. The van der Waals surface area contributed by atoms with Crippen LogP contribution in [0.3, 0.4) is 0 Å². The fourth-order valence-electron chi connectivity index (χ4n) is 2.61. The molecule has 168 valence electrons. The quantitative estimate of drug-likeness (QED) is 0.245. The molecule has 0 saturated heterocycles. The van der Waals surface area contributed by atoms with Gasteiger partial charge in [0.2, 0.25) is 0 Å². The van der Waals surface area contributed by atoms with E-state index in [1.807, 2.05) is 13.0 Å². The highest BCUT2D eigenvalue weighted by molar-refractivity contribution is 5.99. The van der Waals surface area contributed by atoms with Gasteiger partial charge in [0.1, 0.15) is 29.0 Å². The van der Waals surface area contributed by atoms with Crippen molar-refractivity contribution < 1.29 is 28.5 Å². The van der Waals surface area contributed by atoms with Crippen molar-refractivity contribution in [2.75, 3.05) is 20.8 Å². The van der Waals surface area contributed by atoms with Crippen LogP contribution < -0.4 is 14.2 Å². The molecule has 0 amide bonds. The van der Waals surface area contributed by atoms with Crippen LogP contribution in [0.1, 0.15) is 24.5 Å². The first-order valence-corrected chi connectivity index (χ1v) is 9.90.